The van der Waals surface area contributed by atoms with Gasteiger partial charge in [-0.2, -0.15) is 0 Å². The quantitative estimate of drug-likeness (QED) is 0.418. The summed E-state index contributed by atoms with van der Waals surface area (Å²) >= 11 is 13.5. The van der Waals surface area contributed by atoms with E-state index in [0.717, 1.165) is 0 Å². The highest BCUT2D eigenvalue weighted by Gasteiger charge is 2.17. The first-order chi connectivity index (χ1) is 12.9. The number of aromatic nitrogens is 1. The number of thiazole rings is 1. The number of fused-ring (bicyclic) bond motifs is 1. The number of phenolic OH excluding ortho intramolecular Hbond substituents is 1. The molecular formula is C18H11Cl2N3O3S. The van der Waals surface area contributed by atoms with Crippen LogP contribution in [0.25, 0.3) is 21.6 Å². The van der Waals surface area contributed by atoms with Crippen LogP contribution in [0.1, 0.15) is 0 Å². The standard InChI is InChI=1S/C18H11Cl2N3O3S/c19-10-2-1-3-11(20)15(10)22-18-23-17(21)16(27-18)14-7-12(25)9-5-4-8(24)6-13(9)26-14/h1-7,24H,21H2,(H,22,23). The maximum atomic E-state index is 12.3. The topological polar surface area (TPSA) is 101 Å². The highest BCUT2D eigenvalue weighted by molar-refractivity contribution is 7.19. The molecule has 0 spiro atoms. The van der Waals surface area contributed by atoms with Gasteiger partial charge in [-0.1, -0.05) is 40.6 Å². The fourth-order valence-corrected chi connectivity index (χ4v) is 3.88. The first kappa shape index (κ1) is 17.7. The molecule has 2 aromatic carbocycles. The number of nitrogens with two attached hydrogens (primary N) is 1. The summed E-state index contributed by atoms with van der Waals surface area (Å²) in [5, 5.41) is 14.3. The predicted molar refractivity (Wildman–Crippen MR) is 109 cm³/mol. The number of phenols is 1. The summed E-state index contributed by atoms with van der Waals surface area (Å²) < 4.78 is 5.75. The molecule has 0 radical (unpaired) electrons. The van der Waals surface area contributed by atoms with Crippen molar-refractivity contribution in [3.8, 4) is 16.4 Å². The second-order valence-corrected chi connectivity index (χ2v) is 7.42. The molecule has 0 saturated carbocycles. The smallest absolute Gasteiger partial charge is 0.193 e. The summed E-state index contributed by atoms with van der Waals surface area (Å²) in [6.07, 6.45) is 0. The van der Waals surface area contributed by atoms with Gasteiger partial charge in [0.15, 0.2) is 16.3 Å². The Morgan fingerprint density at radius 1 is 1.15 bits per heavy atom. The van der Waals surface area contributed by atoms with E-state index in [1.165, 1.54) is 35.6 Å². The Balaban J connectivity index is 1.78. The van der Waals surface area contributed by atoms with Crippen LogP contribution in [0, 0.1) is 0 Å². The lowest BCUT2D eigenvalue weighted by molar-refractivity contribution is 0.474. The number of nitrogen functional groups attached to an aromatic ring is 1. The fraction of sp³-hybridized carbons (Fsp3) is 0. The van der Waals surface area contributed by atoms with Gasteiger partial charge in [-0.15, -0.1) is 0 Å². The van der Waals surface area contributed by atoms with E-state index in [1.807, 2.05) is 0 Å². The lowest BCUT2D eigenvalue weighted by atomic mass is 10.2. The van der Waals surface area contributed by atoms with Gasteiger partial charge in [-0.05, 0) is 24.3 Å². The number of aromatic hydroxyl groups is 1. The minimum Gasteiger partial charge on any atom is -0.508 e. The Morgan fingerprint density at radius 2 is 1.89 bits per heavy atom. The number of para-hydroxylation sites is 1. The number of benzene rings is 2. The molecule has 0 aliphatic rings. The number of nitrogens with one attached hydrogen (secondary N) is 1. The van der Waals surface area contributed by atoms with E-state index in [9.17, 15) is 9.90 Å². The molecule has 0 saturated heterocycles. The molecule has 0 unspecified atom stereocenters. The van der Waals surface area contributed by atoms with Gasteiger partial charge < -0.3 is 20.6 Å². The minimum absolute atomic E-state index is 0.00389. The van der Waals surface area contributed by atoms with Crippen molar-refractivity contribution >= 4 is 62.1 Å². The number of halogens is 2. The van der Waals surface area contributed by atoms with Crippen molar-refractivity contribution in [3.05, 3.63) is 62.7 Å². The van der Waals surface area contributed by atoms with Gasteiger partial charge in [0, 0.05) is 12.1 Å². The van der Waals surface area contributed by atoms with Crippen molar-refractivity contribution in [1.82, 2.24) is 4.98 Å². The third kappa shape index (κ3) is 3.32. The second kappa shape index (κ2) is 6.77. The van der Waals surface area contributed by atoms with Crippen molar-refractivity contribution in [3.63, 3.8) is 0 Å². The van der Waals surface area contributed by atoms with Crippen LogP contribution < -0.4 is 16.5 Å². The van der Waals surface area contributed by atoms with Crippen LogP contribution in [-0.2, 0) is 0 Å². The SMILES string of the molecule is Nc1nc(Nc2c(Cl)cccc2Cl)sc1-c1cc(=O)c2ccc(O)cc2o1. The molecule has 0 aliphatic carbocycles. The third-order valence-electron chi connectivity index (χ3n) is 3.78. The van der Waals surface area contributed by atoms with Crippen LogP contribution in [0.15, 0.2) is 51.7 Å². The van der Waals surface area contributed by atoms with Gasteiger partial charge in [0.1, 0.15) is 22.0 Å². The van der Waals surface area contributed by atoms with Gasteiger partial charge in [-0.3, -0.25) is 4.79 Å². The third-order valence-corrected chi connectivity index (χ3v) is 5.42. The molecule has 0 fully saturated rings. The van der Waals surface area contributed by atoms with Crippen molar-refractivity contribution in [1.29, 1.82) is 0 Å². The van der Waals surface area contributed by atoms with Gasteiger partial charge in [0.05, 0.1) is 21.1 Å². The van der Waals surface area contributed by atoms with Crippen molar-refractivity contribution < 1.29 is 9.52 Å². The van der Waals surface area contributed by atoms with Crippen molar-refractivity contribution in [2.75, 3.05) is 11.1 Å². The Morgan fingerprint density at radius 3 is 2.63 bits per heavy atom. The van der Waals surface area contributed by atoms with Crippen LogP contribution in [0.4, 0.5) is 16.6 Å². The average Bonchev–Trinajstić information content (AvgIpc) is 2.98. The number of rotatable bonds is 3. The van der Waals surface area contributed by atoms with E-state index in [1.54, 1.807) is 18.2 Å². The molecule has 4 N–H and O–H groups in total. The van der Waals surface area contributed by atoms with Gasteiger partial charge >= 0.3 is 0 Å². The van der Waals surface area contributed by atoms with E-state index < -0.39 is 0 Å². The van der Waals surface area contributed by atoms with Crippen LogP contribution in [-0.4, -0.2) is 10.1 Å². The number of hydrogen-bond acceptors (Lipinski definition) is 7. The van der Waals surface area contributed by atoms with Crippen molar-refractivity contribution in [2.45, 2.75) is 0 Å². The van der Waals surface area contributed by atoms with E-state index >= 15 is 0 Å². The first-order valence-electron chi connectivity index (χ1n) is 7.67. The summed E-state index contributed by atoms with van der Waals surface area (Å²) in [5.41, 5.74) is 6.53. The van der Waals surface area contributed by atoms with Gasteiger partial charge in [0.2, 0.25) is 0 Å². The van der Waals surface area contributed by atoms with Gasteiger partial charge in [-0.25, -0.2) is 4.98 Å². The molecule has 2 heterocycles. The van der Waals surface area contributed by atoms with E-state index in [4.69, 9.17) is 33.4 Å². The molecule has 6 nitrogen and oxygen atoms in total. The average molecular weight is 420 g/mol. The number of hydrogen-bond donors (Lipinski definition) is 3. The van der Waals surface area contributed by atoms with Crippen molar-refractivity contribution in [2.24, 2.45) is 0 Å². The summed E-state index contributed by atoms with van der Waals surface area (Å²) in [6.45, 7) is 0. The van der Waals surface area contributed by atoms with E-state index in [0.29, 0.717) is 31.1 Å². The molecule has 0 aliphatic heterocycles. The summed E-state index contributed by atoms with van der Waals surface area (Å²) in [5.74, 6) is 0.440. The van der Waals surface area contributed by atoms with E-state index in [-0.39, 0.29) is 28.3 Å². The molecule has 27 heavy (non-hydrogen) atoms. The second-order valence-electron chi connectivity index (χ2n) is 5.61. The lowest BCUT2D eigenvalue weighted by Gasteiger charge is -2.06. The van der Waals surface area contributed by atoms with E-state index in [2.05, 4.69) is 10.3 Å². The molecule has 0 bridgehead atoms. The van der Waals surface area contributed by atoms with Gasteiger partial charge in [0.25, 0.3) is 0 Å². The molecule has 2 aromatic heterocycles. The summed E-state index contributed by atoms with van der Waals surface area (Å²) in [4.78, 5) is 17.1. The minimum atomic E-state index is -0.247. The summed E-state index contributed by atoms with van der Waals surface area (Å²) in [6, 6.07) is 10.8. The molecule has 0 atom stereocenters. The molecule has 0 amide bonds. The zero-order valence-electron chi connectivity index (χ0n) is 13.5. The normalized spacial score (nSPS) is 11.0. The molecule has 4 rings (SSSR count). The lowest BCUT2D eigenvalue weighted by Crippen LogP contribution is -2.00. The highest BCUT2D eigenvalue weighted by Crippen LogP contribution is 2.39. The van der Waals surface area contributed by atoms with Crippen LogP contribution in [0.5, 0.6) is 5.75 Å². The maximum Gasteiger partial charge on any atom is 0.193 e. The number of nitrogens with zero attached hydrogens (tertiary/aromatic N) is 1. The van der Waals surface area contributed by atoms with Crippen LogP contribution in [0.3, 0.4) is 0 Å². The Labute approximate surface area is 166 Å². The number of anilines is 3. The Kier molecular flexibility index (Phi) is 4.43. The maximum absolute atomic E-state index is 12.3. The molecule has 9 heteroatoms. The highest BCUT2D eigenvalue weighted by atomic mass is 35.5. The monoisotopic (exact) mass is 419 g/mol. The first-order valence-corrected chi connectivity index (χ1v) is 9.24. The molecule has 136 valence electrons. The summed E-state index contributed by atoms with van der Waals surface area (Å²) in [7, 11) is 0. The van der Waals surface area contributed by atoms with Crippen LogP contribution >= 0.6 is 34.5 Å². The Bertz CT molecular complexity index is 1220. The fourth-order valence-electron chi connectivity index (χ4n) is 2.54. The zero-order chi connectivity index (χ0) is 19.1. The predicted octanol–water partition coefficient (Wildman–Crippen LogP) is 5.25. The zero-order valence-corrected chi connectivity index (χ0v) is 15.8. The Hall–Kier alpha value is -2.74. The molecule has 4 aromatic rings. The molecular weight excluding hydrogens is 409 g/mol. The van der Waals surface area contributed by atoms with Crippen LogP contribution in [0.2, 0.25) is 10.0 Å². The largest absolute Gasteiger partial charge is 0.508 e.